The molecule has 0 aliphatic heterocycles. The number of nitriles is 1. The summed E-state index contributed by atoms with van der Waals surface area (Å²) < 4.78 is 0. The van der Waals surface area contributed by atoms with E-state index in [4.69, 9.17) is 0 Å². The van der Waals surface area contributed by atoms with E-state index in [-0.39, 0.29) is 11.9 Å². The molecule has 0 aromatic carbocycles. The number of rotatable bonds is 2. The van der Waals surface area contributed by atoms with E-state index in [1.807, 2.05) is 6.20 Å². The van der Waals surface area contributed by atoms with Gasteiger partial charge in [-0.05, 0) is 37.7 Å². The lowest BCUT2D eigenvalue weighted by atomic mass is 9.74. The SMILES string of the molecule is N#CC1(C(=O)N[C@@H]2CCCc3cn[nH]c32)CCCCC1. The monoisotopic (exact) mass is 272 g/mol. The van der Waals surface area contributed by atoms with Crippen molar-refractivity contribution in [1.82, 2.24) is 15.5 Å². The van der Waals surface area contributed by atoms with Gasteiger partial charge < -0.3 is 5.32 Å². The average Bonchev–Trinajstić information content (AvgIpc) is 2.97. The Balaban J connectivity index is 1.75. The molecule has 1 heterocycles. The maximum atomic E-state index is 12.6. The maximum Gasteiger partial charge on any atom is 0.241 e. The Bertz CT molecular complexity index is 536. The zero-order valence-corrected chi connectivity index (χ0v) is 11.6. The largest absolute Gasteiger partial charge is 0.346 e. The average molecular weight is 272 g/mol. The predicted molar refractivity (Wildman–Crippen MR) is 73.5 cm³/mol. The number of aromatic nitrogens is 2. The van der Waals surface area contributed by atoms with Crippen LogP contribution in [0.1, 0.15) is 62.2 Å². The minimum Gasteiger partial charge on any atom is -0.346 e. The van der Waals surface area contributed by atoms with Gasteiger partial charge in [0.25, 0.3) is 0 Å². The maximum absolute atomic E-state index is 12.6. The van der Waals surface area contributed by atoms with E-state index in [2.05, 4.69) is 21.6 Å². The van der Waals surface area contributed by atoms with E-state index in [9.17, 15) is 10.1 Å². The fourth-order valence-electron chi connectivity index (χ4n) is 3.45. The van der Waals surface area contributed by atoms with Crippen LogP contribution in [0.5, 0.6) is 0 Å². The first-order valence-corrected chi connectivity index (χ1v) is 7.49. The number of carbonyl (C=O) groups excluding carboxylic acids is 1. The van der Waals surface area contributed by atoms with Gasteiger partial charge in [0.1, 0.15) is 5.41 Å². The number of H-pyrrole nitrogens is 1. The van der Waals surface area contributed by atoms with Crippen LogP contribution in [-0.4, -0.2) is 16.1 Å². The first kappa shape index (κ1) is 13.2. The van der Waals surface area contributed by atoms with Crippen molar-refractivity contribution in [2.45, 2.75) is 57.4 Å². The van der Waals surface area contributed by atoms with Crippen molar-refractivity contribution >= 4 is 5.91 Å². The second-order valence-electron chi connectivity index (χ2n) is 5.98. The highest BCUT2D eigenvalue weighted by molar-refractivity contribution is 5.85. The molecule has 2 aliphatic carbocycles. The van der Waals surface area contributed by atoms with Crippen LogP contribution in [0.4, 0.5) is 0 Å². The first-order valence-electron chi connectivity index (χ1n) is 7.49. The molecule has 3 rings (SSSR count). The number of amides is 1. The fourth-order valence-corrected chi connectivity index (χ4v) is 3.45. The van der Waals surface area contributed by atoms with Crippen LogP contribution in [0.2, 0.25) is 0 Å². The molecule has 5 nitrogen and oxygen atoms in total. The molecule has 1 fully saturated rings. The van der Waals surface area contributed by atoms with E-state index >= 15 is 0 Å². The van der Waals surface area contributed by atoms with Gasteiger partial charge in [0, 0.05) is 0 Å². The summed E-state index contributed by atoms with van der Waals surface area (Å²) in [6.07, 6.45) is 9.29. The Kier molecular flexibility index (Phi) is 3.47. The highest BCUT2D eigenvalue weighted by Crippen LogP contribution is 2.37. The third-order valence-corrected chi connectivity index (χ3v) is 4.70. The molecule has 5 heteroatoms. The van der Waals surface area contributed by atoms with Crippen molar-refractivity contribution in [2.75, 3.05) is 0 Å². The van der Waals surface area contributed by atoms with Crippen molar-refractivity contribution < 1.29 is 4.79 Å². The van der Waals surface area contributed by atoms with Gasteiger partial charge in [-0.2, -0.15) is 10.4 Å². The van der Waals surface area contributed by atoms with Crippen molar-refractivity contribution in [3.63, 3.8) is 0 Å². The van der Waals surface area contributed by atoms with E-state index in [0.29, 0.717) is 12.8 Å². The Hall–Kier alpha value is -1.83. The third-order valence-electron chi connectivity index (χ3n) is 4.70. The molecule has 2 aliphatic rings. The summed E-state index contributed by atoms with van der Waals surface area (Å²) in [4.78, 5) is 12.6. The zero-order chi connectivity index (χ0) is 14.0. The molecule has 0 bridgehead atoms. The number of hydrogen-bond donors (Lipinski definition) is 2. The number of nitrogens with one attached hydrogen (secondary N) is 2. The third kappa shape index (κ3) is 2.20. The first-order chi connectivity index (χ1) is 9.75. The molecular formula is C15H20N4O. The molecule has 20 heavy (non-hydrogen) atoms. The number of hydrogen-bond acceptors (Lipinski definition) is 3. The standard InChI is InChI=1S/C15H20N4O/c16-10-15(7-2-1-3-8-15)14(20)18-12-6-4-5-11-9-17-19-13(11)12/h9,12H,1-8H2,(H,17,19)(H,18,20)/t12-/m1/s1. The number of aryl methyl sites for hydroxylation is 1. The topological polar surface area (TPSA) is 81.6 Å². The number of fused-ring (bicyclic) bond motifs is 1. The second kappa shape index (κ2) is 5.28. The highest BCUT2D eigenvalue weighted by Gasteiger charge is 2.41. The summed E-state index contributed by atoms with van der Waals surface area (Å²) in [5.74, 6) is -0.0906. The molecule has 1 saturated carbocycles. The van der Waals surface area contributed by atoms with Gasteiger partial charge in [-0.25, -0.2) is 0 Å². The molecule has 2 N–H and O–H groups in total. The van der Waals surface area contributed by atoms with E-state index < -0.39 is 5.41 Å². The number of carbonyl (C=O) groups is 1. The molecule has 1 amide bonds. The summed E-state index contributed by atoms with van der Waals surface area (Å²) in [5, 5.41) is 19.6. The lowest BCUT2D eigenvalue weighted by Gasteiger charge is -2.32. The van der Waals surface area contributed by atoms with Crippen LogP contribution in [0.3, 0.4) is 0 Å². The molecule has 0 radical (unpaired) electrons. The van der Waals surface area contributed by atoms with Crippen molar-refractivity contribution in [2.24, 2.45) is 5.41 Å². The van der Waals surface area contributed by atoms with Crippen molar-refractivity contribution in [3.05, 3.63) is 17.5 Å². The summed E-state index contributed by atoms with van der Waals surface area (Å²) in [5.41, 5.74) is 1.40. The lowest BCUT2D eigenvalue weighted by Crippen LogP contribution is -2.43. The molecule has 0 unspecified atom stereocenters. The zero-order valence-electron chi connectivity index (χ0n) is 11.6. The summed E-state index contributed by atoms with van der Waals surface area (Å²) in [6, 6.07) is 2.27. The van der Waals surface area contributed by atoms with Crippen molar-refractivity contribution in [1.29, 1.82) is 5.26 Å². The quantitative estimate of drug-likeness (QED) is 0.867. The van der Waals surface area contributed by atoms with Crippen LogP contribution in [-0.2, 0) is 11.2 Å². The minimum atomic E-state index is -0.810. The van der Waals surface area contributed by atoms with Gasteiger partial charge in [0.05, 0.1) is 24.0 Å². The van der Waals surface area contributed by atoms with Crippen LogP contribution in [0.15, 0.2) is 6.20 Å². The normalized spacial score (nSPS) is 24.4. The van der Waals surface area contributed by atoms with Gasteiger partial charge in [-0.1, -0.05) is 19.3 Å². The Labute approximate surface area is 118 Å². The molecule has 0 spiro atoms. The summed E-state index contributed by atoms with van der Waals surface area (Å²) in [7, 11) is 0. The van der Waals surface area contributed by atoms with E-state index in [0.717, 1.165) is 44.2 Å². The molecule has 106 valence electrons. The van der Waals surface area contributed by atoms with Crippen LogP contribution < -0.4 is 5.32 Å². The Morgan fingerprint density at radius 1 is 1.40 bits per heavy atom. The van der Waals surface area contributed by atoms with E-state index in [1.165, 1.54) is 5.56 Å². The molecule has 1 aromatic rings. The summed E-state index contributed by atoms with van der Waals surface area (Å²) >= 11 is 0. The van der Waals surface area contributed by atoms with Crippen LogP contribution in [0, 0.1) is 16.7 Å². The number of nitrogens with zero attached hydrogens (tertiary/aromatic N) is 2. The minimum absolute atomic E-state index is 0.0131. The highest BCUT2D eigenvalue weighted by atomic mass is 16.2. The molecule has 1 atom stereocenters. The summed E-state index contributed by atoms with van der Waals surface area (Å²) in [6.45, 7) is 0. The Morgan fingerprint density at radius 3 is 2.95 bits per heavy atom. The van der Waals surface area contributed by atoms with Gasteiger partial charge in [0.2, 0.25) is 5.91 Å². The van der Waals surface area contributed by atoms with Gasteiger partial charge in [-0.15, -0.1) is 0 Å². The number of aromatic amines is 1. The fraction of sp³-hybridized carbons (Fsp3) is 0.667. The van der Waals surface area contributed by atoms with Gasteiger partial charge in [-0.3, -0.25) is 9.89 Å². The second-order valence-corrected chi connectivity index (χ2v) is 5.98. The Morgan fingerprint density at radius 2 is 2.20 bits per heavy atom. The lowest BCUT2D eigenvalue weighted by molar-refractivity contribution is -0.130. The van der Waals surface area contributed by atoms with Crippen molar-refractivity contribution in [3.8, 4) is 6.07 Å². The molecule has 1 aromatic heterocycles. The van der Waals surface area contributed by atoms with Gasteiger partial charge in [0.15, 0.2) is 0 Å². The van der Waals surface area contributed by atoms with Gasteiger partial charge >= 0.3 is 0 Å². The predicted octanol–water partition coefficient (Wildman–Crippen LogP) is 2.38. The smallest absolute Gasteiger partial charge is 0.241 e. The van der Waals surface area contributed by atoms with Crippen LogP contribution in [0.25, 0.3) is 0 Å². The molecule has 0 saturated heterocycles. The van der Waals surface area contributed by atoms with Crippen LogP contribution >= 0.6 is 0 Å². The molecular weight excluding hydrogens is 252 g/mol. The van der Waals surface area contributed by atoms with E-state index in [1.54, 1.807) is 0 Å².